The topological polar surface area (TPSA) is 267 Å². The molecule has 76 heavy (non-hydrogen) atoms. The van der Waals surface area contributed by atoms with Gasteiger partial charge in [-0.05, 0) is 94.0 Å². The first-order valence-electron chi connectivity index (χ1n) is 25.8. The van der Waals surface area contributed by atoms with Gasteiger partial charge in [-0.25, -0.2) is 19.2 Å². The monoisotopic (exact) mass is 1060 g/mol. The largest absolute Gasteiger partial charge is 0.463 e. The van der Waals surface area contributed by atoms with Gasteiger partial charge < -0.3 is 51.1 Å². The van der Waals surface area contributed by atoms with Crippen molar-refractivity contribution in [2.75, 3.05) is 32.1 Å². The molecular formula is C56H85N9O11. The first kappa shape index (κ1) is 63.2. The Morgan fingerprint density at radius 2 is 1.39 bits per heavy atom. The molecule has 8 amide bonds. The normalized spacial score (nSPS) is 14.2. The van der Waals surface area contributed by atoms with E-state index in [9.17, 15) is 33.6 Å². The maximum absolute atomic E-state index is 15.2. The number of fused-ring (bicyclic) bond motifs is 1. The van der Waals surface area contributed by atoms with Crippen LogP contribution in [0.15, 0.2) is 66.4 Å². The number of alkyl carbamates (subject to hydrolysis) is 1. The van der Waals surface area contributed by atoms with Crippen LogP contribution in [0.3, 0.4) is 0 Å². The Morgan fingerprint density at radius 3 is 1.92 bits per heavy atom. The van der Waals surface area contributed by atoms with Crippen molar-refractivity contribution in [1.29, 1.82) is 0 Å². The maximum Gasteiger partial charge on any atom is 0.410 e. The Kier molecular flexibility index (Phi) is 22.1. The van der Waals surface area contributed by atoms with Crippen LogP contribution in [0.4, 0.5) is 20.1 Å². The van der Waals surface area contributed by atoms with Crippen LogP contribution < -0.4 is 32.3 Å². The standard InChI is InChI=1S/C56H85N9O11/c1-18-74-50(70)35(6)30-42(33(2)3)63(16)49(69)44(54(7,8)9)61-47(67)45(56(13,14)39-31-62(15)40-23-20-19-22-38(39)40)64(17)53(73)75-32-36-25-27-37(28-26-36)65(41(46(57)66)24-21-29-59-51(58)71)48(68)43(34(4)5)60-52(72)76-55(10,11)12/h19-20,22-23,25-28,30-31,33-34,41-45H,18,21,24,29,32H2,1-17H3,(H2,57,66)(H,60,72)(H,61,67)(H3,58,59,71)/b35-30+/t41-,42?,43-,44+,45+/m0/s1. The highest BCUT2D eigenvalue weighted by Gasteiger charge is 2.47. The smallest absolute Gasteiger partial charge is 0.410 e. The molecule has 1 aromatic heterocycles. The second-order valence-electron chi connectivity index (χ2n) is 22.6. The van der Waals surface area contributed by atoms with Crippen LogP contribution in [0.5, 0.6) is 0 Å². The third kappa shape index (κ3) is 16.7. The quantitative estimate of drug-likeness (QED) is 0.0285. The minimum atomic E-state index is -1.27. The molecule has 0 aliphatic heterocycles. The fraction of sp³-hybridized carbons (Fsp3) is 0.571. The molecule has 0 fully saturated rings. The van der Waals surface area contributed by atoms with Crippen molar-refractivity contribution in [2.45, 2.75) is 158 Å². The van der Waals surface area contributed by atoms with Gasteiger partial charge in [0, 0.05) is 61.5 Å². The Labute approximate surface area is 448 Å². The van der Waals surface area contributed by atoms with Crippen LogP contribution in [0, 0.1) is 17.3 Å². The van der Waals surface area contributed by atoms with Crippen LogP contribution in [0.2, 0.25) is 0 Å². The molecule has 0 aliphatic rings. The molecule has 7 N–H and O–H groups in total. The van der Waals surface area contributed by atoms with E-state index in [0.717, 1.165) is 16.5 Å². The number of urea groups is 1. The number of anilines is 1. The summed E-state index contributed by atoms with van der Waals surface area (Å²) in [5, 5.41) is 9.02. The summed E-state index contributed by atoms with van der Waals surface area (Å²) >= 11 is 0. The molecule has 3 aromatic rings. The van der Waals surface area contributed by atoms with E-state index in [-0.39, 0.29) is 44.2 Å². The number of primary amides is 2. The molecule has 420 valence electrons. The summed E-state index contributed by atoms with van der Waals surface area (Å²) in [4.78, 5) is 113. The molecule has 3 rings (SSSR count). The van der Waals surface area contributed by atoms with Gasteiger partial charge in [0.05, 0.1) is 12.6 Å². The van der Waals surface area contributed by atoms with Crippen LogP contribution in [0.1, 0.15) is 121 Å². The number of nitrogens with one attached hydrogen (secondary N) is 3. The number of carbonyl (C=O) groups excluding carboxylic acids is 8. The van der Waals surface area contributed by atoms with Crippen molar-refractivity contribution in [2.24, 2.45) is 35.8 Å². The molecule has 0 bridgehead atoms. The van der Waals surface area contributed by atoms with Crippen LogP contribution >= 0.6 is 0 Å². The molecule has 0 radical (unpaired) electrons. The third-order valence-corrected chi connectivity index (χ3v) is 13.1. The highest BCUT2D eigenvalue weighted by molar-refractivity contribution is 6.04. The van der Waals surface area contributed by atoms with Gasteiger partial charge in [0.15, 0.2) is 0 Å². The molecule has 0 aliphatic carbocycles. The van der Waals surface area contributed by atoms with E-state index in [0.29, 0.717) is 11.1 Å². The summed E-state index contributed by atoms with van der Waals surface area (Å²) in [5.74, 6) is -3.65. The number of ether oxygens (including phenoxy) is 3. The second kappa shape index (κ2) is 26.6. The summed E-state index contributed by atoms with van der Waals surface area (Å²) in [7, 11) is 4.98. The van der Waals surface area contributed by atoms with E-state index < -0.39 is 100 Å². The van der Waals surface area contributed by atoms with Gasteiger partial charge in [0.1, 0.15) is 36.4 Å². The molecule has 1 unspecified atom stereocenters. The molecule has 2 aromatic carbocycles. The van der Waals surface area contributed by atoms with Crippen molar-refractivity contribution >= 4 is 64.4 Å². The summed E-state index contributed by atoms with van der Waals surface area (Å²) in [6.07, 6.45) is 2.14. The molecule has 0 saturated heterocycles. The van der Waals surface area contributed by atoms with Crippen molar-refractivity contribution in [1.82, 2.24) is 30.3 Å². The number of esters is 1. The zero-order valence-electron chi connectivity index (χ0n) is 47.8. The Balaban J connectivity index is 2.08. The molecule has 0 saturated carbocycles. The van der Waals surface area contributed by atoms with Gasteiger partial charge in [0.2, 0.25) is 17.7 Å². The number of carbonyl (C=O) groups is 8. The number of aryl methyl sites for hydroxylation is 1. The Morgan fingerprint density at radius 1 is 0.789 bits per heavy atom. The van der Waals surface area contributed by atoms with E-state index in [2.05, 4.69) is 16.0 Å². The summed E-state index contributed by atoms with van der Waals surface area (Å²) in [6.45, 7) is 24.9. The van der Waals surface area contributed by atoms with Gasteiger partial charge in [-0.1, -0.05) is 98.7 Å². The average molecular weight is 1060 g/mol. The average Bonchev–Trinajstić information content (AvgIpc) is 3.66. The lowest BCUT2D eigenvalue weighted by Crippen LogP contribution is -2.63. The van der Waals surface area contributed by atoms with Crippen molar-refractivity contribution in [3.8, 4) is 0 Å². The lowest BCUT2D eigenvalue weighted by molar-refractivity contribution is -0.142. The number of aromatic nitrogens is 1. The lowest BCUT2D eigenvalue weighted by Gasteiger charge is -2.42. The second-order valence-corrected chi connectivity index (χ2v) is 22.6. The number of amides is 8. The minimum absolute atomic E-state index is 0.0160. The zero-order valence-corrected chi connectivity index (χ0v) is 47.8. The predicted molar refractivity (Wildman–Crippen MR) is 293 cm³/mol. The molecule has 20 heteroatoms. The maximum atomic E-state index is 15.2. The van der Waals surface area contributed by atoms with E-state index >= 15 is 4.79 Å². The summed E-state index contributed by atoms with van der Waals surface area (Å²) in [6, 6.07) is 7.89. The van der Waals surface area contributed by atoms with E-state index in [1.54, 1.807) is 85.9 Å². The number of nitrogens with zero attached hydrogens (tertiary/aromatic N) is 4. The number of rotatable bonds is 23. The van der Waals surface area contributed by atoms with Crippen molar-refractivity contribution < 1.29 is 52.6 Å². The SMILES string of the molecule is CCOC(=O)/C(C)=C/C(C(C)C)N(C)C(=O)[C@@H](NC(=O)[C@@H](N(C)C(=O)OCc1ccc(N(C(=O)[C@@H](NC(=O)OC(C)(C)C)C(C)C)[C@@H](CCCNC(N)=O)C(N)=O)cc1)C(C)(C)c1cn(C)c2ccccc12)C(C)(C)C. The number of nitrogens with two attached hydrogens (primary N) is 2. The van der Waals surface area contributed by atoms with Gasteiger partial charge in [0.25, 0.3) is 5.91 Å². The first-order chi connectivity index (χ1) is 35.2. The van der Waals surface area contributed by atoms with Gasteiger partial charge in [-0.2, -0.15) is 0 Å². The fourth-order valence-corrected chi connectivity index (χ4v) is 9.10. The van der Waals surface area contributed by atoms with E-state index in [1.807, 2.05) is 90.5 Å². The number of para-hydroxylation sites is 1. The molecular weight excluding hydrogens is 975 g/mol. The molecule has 20 nitrogen and oxygen atoms in total. The highest BCUT2D eigenvalue weighted by Crippen LogP contribution is 2.37. The number of hydrogen-bond donors (Lipinski definition) is 5. The predicted octanol–water partition coefficient (Wildman–Crippen LogP) is 6.80. The van der Waals surface area contributed by atoms with Crippen molar-refractivity contribution in [3.63, 3.8) is 0 Å². The number of hydrogen-bond acceptors (Lipinski definition) is 11. The molecule has 1 heterocycles. The van der Waals surface area contributed by atoms with Crippen LogP contribution in [-0.2, 0) is 57.3 Å². The van der Waals surface area contributed by atoms with Crippen LogP contribution in [-0.4, -0.2) is 125 Å². The van der Waals surface area contributed by atoms with E-state index in [4.69, 9.17) is 25.7 Å². The third-order valence-electron chi connectivity index (χ3n) is 13.1. The molecule has 5 atom stereocenters. The summed E-state index contributed by atoms with van der Waals surface area (Å²) < 4.78 is 18.5. The minimum Gasteiger partial charge on any atom is -0.463 e. The van der Waals surface area contributed by atoms with Gasteiger partial charge in [-0.15, -0.1) is 0 Å². The van der Waals surface area contributed by atoms with Gasteiger partial charge >= 0.3 is 24.2 Å². The number of likely N-dealkylation sites (N-methyl/N-ethyl adjacent to an activating group) is 2. The lowest BCUT2D eigenvalue weighted by atomic mass is 9.76. The number of benzene rings is 2. The van der Waals surface area contributed by atoms with E-state index in [1.165, 1.54) is 21.7 Å². The molecule has 0 spiro atoms. The fourth-order valence-electron chi connectivity index (χ4n) is 9.10. The highest BCUT2D eigenvalue weighted by atomic mass is 16.6. The summed E-state index contributed by atoms with van der Waals surface area (Å²) in [5.41, 5.74) is 11.1. The first-order valence-corrected chi connectivity index (χ1v) is 25.8. The van der Waals surface area contributed by atoms with Gasteiger partial charge in [-0.3, -0.25) is 29.0 Å². The zero-order chi connectivity index (χ0) is 57.8. The Bertz CT molecular complexity index is 2570. The van der Waals surface area contributed by atoms with Crippen molar-refractivity contribution in [3.05, 3.63) is 77.5 Å². The Hall–Kier alpha value is -7.12. The van der Waals surface area contributed by atoms with Crippen LogP contribution in [0.25, 0.3) is 10.9 Å².